The Bertz CT molecular complexity index is 901. The molecule has 0 atom stereocenters. The number of carbonyl (C=O) groups is 1. The van der Waals surface area contributed by atoms with E-state index in [0.717, 1.165) is 24.1 Å². The fraction of sp³-hybridized carbons (Fsp3) is 0.381. The van der Waals surface area contributed by atoms with Gasteiger partial charge in [-0.2, -0.15) is 0 Å². The Morgan fingerprint density at radius 3 is 2.44 bits per heavy atom. The third kappa shape index (κ3) is 5.65. The predicted octanol–water partition coefficient (Wildman–Crippen LogP) is 3.82. The van der Waals surface area contributed by atoms with Crippen LogP contribution >= 0.6 is 0 Å². The highest BCUT2D eigenvalue weighted by molar-refractivity contribution is 7.89. The van der Waals surface area contributed by atoms with E-state index < -0.39 is 10.0 Å². The Hall–Kier alpha value is -2.18. The molecule has 6 heteroatoms. The maximum Gasteiger partial charge on any atom is 0.240 e. The van der Waals surface area contributed by atoms with Gasteiger partial charge in [0.15, 0.2) is 0 Å². The van der Waals surface area contributed by atoms with Crippen molar-refractivity contribution in [1.29, 1.82) is 0 Å². The van der Waals surface area contributed by atoms with Gasteiger partial charge in [-0.3, -0.25) is 4.79 Å². The van der Waals surface area contributed by atoms with Gasteiger partial charge in [0.25, 0.3) is 0 Å². The first-order chi connectivity index (χ1) is 12.8. The molecule has 0 unspecified atom stereocenters. The molecule has 1 amide bonds. The SMILES string of the molecule is CC(C)c1cccc(NC(=O)CCc2ccc(S(=O)(=O)NC3CC3)cc2)c1. The third-order valence-corrected chi connectivity index (χ3v) is 6.15. The molecule has 2 aromatic rings. The number of aryl methyl sites for hydroxylation is 1. The van der Waals surface area contributed by atoms with Crippen LogP contribution in [0.1, 0.15) is 50.2 Å². The Kier molecular flexibility index (Phi) is 5.97. The number of rotatable bonds is 8. The minimum atomic E-state index is -3.43. The lowest BCUT2D eigenvalue weighted by atomic mass is 10.0. The van der Waals surface area contributed by atoms with Crippen LogP contribution < -0.4 is 10.0 Å². The summed E-state index contributed by atoms with van der Waals surface area (Å²) in [6, 6.07) is 14.7. The molecule has 5 nitrogen and oxygen atoms in total. The van der Waals surface area contributed by atoms with Gasteiger partial charge in [0.05, 0.1) is 4.90 Å². The zero-order valence-corrected chi connectivity index (χ0v) is 16.6. The zero-order chi connectivity index (χ0) is 19.4. The summed E-state index contributed by atoms with van der Waals surface area (Å²) in [5.74, 6) is 0.356. The van der Waals surface area contributed by atoms with Gasteiger partial charge >= 0.3 is 0 Å². The summed E-state index contributed by atoms with van der Waals surface area (Å²) in [6.45, 7) is 4.23. The van der Waals surface area contributed by atoms with Crippen LogP contribution in [0.4, 0.5) is 5.69 Å². The Balaban J connectivity index is 1.53. The van der Waals surface area contributed by atoms with E-state index in [1.54, 1.807) is 24.3 Å². The molecule has 27 heavy (non-hydrogen) atoms. The van der Waals surface area contributed by atoms with Crippen LogP contribution in [0.3, 0.4) is 0 Å². The molecule has 144 valence electrons. The first kappa shape index (κ1) is 19.6. The number of nitrogens with one attached hydrogen (secondary N) is 2. The van der Waals surface area contributed by atoms with Gasteiger partial charge in [-0.1, -0.05) is 38.1 Å². The zero-order valence-electron chi connectivity index (χ0n) is 15.7. The monoisotopic (exact) mass is 386 g/mol. The summed E-state index contributed by atoms with van der Waals surface area (Å²) in [5.41, 5.74) is 2.93. The van der Waals surface area contributed by atoms with E-state index in [0.29, 0.717) is 18.8 Å². The number of carbonyl (C=O) groups excluding carboxylic acids is 1. The summed E-state index contributed by atoms with van der Waals surface area (Å²) in [5, 5.41) is 2.93. The molecule has 0 aliphatic heterocycles. The quantitative estimate of drug-likeness (QED) is 0.724. The fourth-order valence-corrected chi connectivity index (χ4v) is 4.09. The van der Waals surface area contributed by atoms with Gasteiger partial charge in [0.1, 0.15) is 0 Å². The van der Waals surface area contributed by atoms with Gasteiger partial charge in [0, 0.05) is 18.2 Å². The number of hydrogen-bond donors (Lipinski definition) is 2. The highest BCUT2D eigenvalue weighted by Gasteiger charge is 2.27. The van der Waals surface area contributed by atoms with Crippen molar-refractivity contribution in [2.45, 2.75) is 56.4 Å². The van der Waals surface area contributed by atoms with Crippen LogP contribution in [0.2, 0.25) is 0 Å². The molecule has 3 rings (SSSR count). The number of amides is 1. The minimum absolute atomic E-state index is 0.0528. The topological polar surface area (TPSA) is 75.3 Å². The average Bonchev–Trinajstić information content (AvgIpc) is 3.44. The van der Waals surface area contributed by atoms with Crippen molar-refractivity contribution in [2.75, 3.05) is 5.32 Å². The van der Waals surface area contributed by atoms with Gasteiger partial charge in [0.2, 0.25) is 15.9 Å². The number of anilines is 1. The fourth-order valence-electron chi connectivity index (χ4n) is 2.78. The van der Waals surface area contributed by atoms with Gasteiger partial charge in [-0.05, 0) is 60.6 Å². The van der Waals surface area contributed by atoms with Crippen LogP contribution in [-0.2, 0) is 21.2 Å². The molecule has 1 aliphatic carbocycles. The normalized spacial score (nSPS) is 14.3. The molecule has 0 saturated heterocycles. The second-order valence-electron chi connectivity index (χ2n) is 7.37. The lowest BCUT2D eigenvalue weighted by Crippen LogP contribution is -2.25. The molecule has 2 N–H and O–H groups in total. The molecular formula is C21H26N2O3S. The van der Waals surface area contributed by atoms with E-state index in [2.05, 4.69) is 23.9 Å². The molecule has 0 heterocycles. The van der Waals surface area contributed by atoms with Crippen molar-refractivity contribution in [1.82, 2.24) is 4.72 Å². The van der Waals surface area contributed by atoms with Crippen molar-refractivity contribution in [3.8, 4) is 0 Å². The highest BCUT2D eigenvalue weighted by Crippen LogP contribution is 2.22. The summed E-state index contributed by atoms with van der Waals surface area (Å²) in [6.07, 6.45) is 2.73. The molecule has 0 radical (unpaired) electrons. The molecule has 1 aliphatic rings. The van der Waals surface area contributed by atoms with Gasteiger partial charge in [-0.25, -0.2) is 13.1 Å². The Labute approximate surface area is 161 Å². The summed E-state index contributed by atoms with van der Waals surface area (Å²) in [7, 11) is -3.43. The summed E-state index contributed by atoms with van der Waals surface area (Å²) >= 11 is 0. The van der Waals surface area contributed by atoms with E-state index in [4.69, 9.17) is 0 Å². The van der Waals surface area contributed by atoms with Crippen molar-refractivity contribution in [3.05, 3.63) is 59.7 Å². The van der Waals surface area contributed by atoms with E-state index >= 15 is 0 Å². The van der Waals surface area contributed by atoms with Crippen molar-refractivity contribution >= 4 is 21.6 Å². The Morgan fingerprint density at radius 1 is 1.11 bits per heavy atom. The average molecular weight is 387 g/mol. The van der Waals surface area contributed by atoms with E-state index in [1.807, 2.05) is 24.3 Å². The first-order valence-electron chi connectivity index (χ1n) is 9.34. The molecule has 1 saturated carbocycles. The van der Waals surface area contributed by atoms with Gasteiger partial charge in [-0.15, -0.1) is 0 Å². The minimum Gasteiger partial charge on any atom is -0.326 e. The largest absolute Gasteiger partial charge is 0.326 e. The van der Waals surface area contributed by atoms with Crippen molar-refractivity contribution < 1.29 is 13.2 Å². The Morgan fingerprint density at radius 2 is 1.81 bits per heavy atom. The number of benzene rings is 2. The smallest absolute Gasteiger partial charge is 0.240 e. The van der Waals surface area contributed by atoms with Crippen LogP contribution in [0.25, 0.3) is 0 Å². The third-order valence-electron chi connectivity index (χ3n) is 4.61. The van der Waals surface area contributed by atoms with Crippen LogP contribution in [0.5, 0.6) is 0 Å². The molecule has 0 aromatic heterocycles. The number of sulfonamides is 1. The molecular weight excluding hydrogens is 360 g/mol. The standard InChI is InChI=1S/C21H26N2O3S/c1-15(2)17-4-3-5-19(14-17)22-21(24)13-8-16-6-11-20(12-7-16)27(25,26)23-18-9-10-18/h3-7,11-12,14-15,18,23H,8-10,13H2,1-2H3,(H,22,24). The van der Waals surface area contributed by atoms with Crippen LogP contribution in [0.15, 0.2) is 53.4 Å². The lowest BCUT2D eigenvalue weighted by Gasteiger charge is -2.10. The van der Waals surface area contributed by atoms with E-state index in [9.17, 15) is 13.2 Å². The van der Waals surface area contributed by atoms with E-state index in [1.165, 1.54) is 5.56 Å². The van der Waals surface area contributed by atoms with Gasteiger partial charge < -0.3 is 5.32 Å². The lowest BCUT2D eigenvalue weighted by molar-refractivity contribution is -0.116. The van der Waals surface area contributed by atoms with Crippen molar-refractivity contribution in [3.63, 3.8) is 0 Å². The second kappa shape index (κ2) is 8.23. The molecule has 1 fully saturated rings. The van der Waals surface area contributed by atoms with Crippen LogP contribution in [-0.4, -0.2) is 20.4 Å². The molecule has 0 bridgehead atoms. The molecule has 2 aromatic carbocycles. The van der Waals surface area contributed by atoms with Crippen LogP contribution in [0, 0.1) is 0 Å². The maximum absolute atomic E-state index is 12.2. The predicted molar refractivity (Wildman–Crippen MR) is 107 cm³/mol. The second-order valence-corrected chi connectivity index (χ2v) is 9.08. The first-order valence-corrected chi connectivity index (χ1v) is 10.8. The van der Waals surface area contributed by atoms with E-state index in [-0.39, 0.29) is 16.8 Å². The summed E-state index contributed by atoms with van der Waals surface area (Å²) < 4.78 is 27.0. The summed E-state index contributed by atoms with van der Waals surface area (Å²) in [4.78, 5) is 12.5. The highest BCUT2D eigenvalue weighted by atomic mass is 32.2. The number of hydrogen-bond acceptors (Lipinski definition) is 3. The molecule has 0 spiro atoms. The maximum atomic E-state index is 12.2. The van der Waals surface area contributed by atoms with Crippen molar-refractivity contribution in [2.24, 2.45) is 0 Å².